The zero-order chi connectivity index (χ0) is 19.9. The summed E-state index contributed by atoms with van der Waals surface area (Å²) in [5.74, 6) is -0.133. The van der Waals surface area contributed by atoms with Gasteiger partial charge in [-0.1, -0.05) is 36.6 Å². The van der Waals surface area contributed by atoms with Crippen molar-refractivity contribution in [1.82, 2.24) is 4.90 Å². The average molecular weight is 417 g/mol. The number of thioether (sulfide) groups is 1. The monoisotopic (exact) mass is 416 g/mol. The number of hydrogen-bond acceptors (Lipinski definition) is 3. The fraction of sp³-hybridized carbons (Fsp3) is 0.364. The molecule has 1 aliphatic heterocycles. The Morgan fingerprint density at radius 2 is 1.64 bits per heavy atom. The number of para-hydroxylation sites is 1. The summed E-state index contributed by atoms with van der Waals surface area (Å²) in [4.78, 5) is 28.6. The van der Waals surface area contributed by atoms with Gasteiger partial charge in [0.2, 0.25) is 5.91 Å². The van der Waals surface area contributed by atoms with E-state index < -0.39 is 0 Å². The Balaban J connectivity index is 1.68. The van der Waals surface area contributed by atoms with Gasteiger partial charge in [0.15, 0.2) is 0 Å². The Kier molecular flexibility index (Phi) is 7.40. The van der Waals surface area contributed by atoms with E-state index in [0.29, 0.717) is 16.3 Å². The minimum Gasteiger partial charge on any atom is -0.339 e. The van der Waals surface area contributed by atoms with E-state index in [1.54, 1.807) is 12.1 Å². The van der Waals surface area contributed by atoms with Crippen LogP contribution >= 0.6 is 23.4 Å². The molecule has 0 bridgehead atoms. The van der Waals surface area contributed by atoms with Gasteiger partial charge in [-0.05, 0) is 56.2 Å². The van der Waals surface area contributed by atoms with Gasteiger partial charge in [-0.25, -0.2) is 0 Å². The van der Waals surface area contributed by atoms with Crippen LogP contribution < -0.4 is 5.32 Å². The van der Waals surface area contributed by atoms with E-state index in [4.69, 9.17) is 11.6 Å². The number of rotatable bonds is 5. The smallest absolute Gasteiger partial charge is 0.255 e. The Bertz CT molecular complexity index is 818. The quantitative estimate of drug-likeness (QED) is 0.657. The highest BCUT2D eigenvalue weighted by atomic mass is 35.5. The molecule has 0 aliphatic carbocycles. The minimum absolute atomic E-state index is 0.00388. The van der Waals surface area contributed by atoms with Crippen LogP contribution in [0, 0.1) is 0 Å². The number of nitrogens with zero attached hydrogens (tertiary/aromatic N) is 1. The van der Waals surface area contributed by atoms with Crippen LogP contribution in [0.15, 0.2) is 53.4 Å². The molecule has 148 valence electrons. The molecular formula is C22H25ClN2O2S. The molecule has 0 unspecified atom stereocenters. The molecule has 6 heteroatoms. The summed E-state index contributed by atoms with van der Waals surface area (Å²) in [6, 6.07) is 14.7. The predicted molar refractivity (Wildman–Crippen MR) is 116 cm³/mol. The molecule has 0 aromatic heterocycles. The Hall–Kier alpha value is -1.98. The standard InChI is InChI=1S/C22H25ClN2O2S/c1-16(28-18-12-10-17(23)11-13-18)21(26)24-20-9-5-4-8-19(20)22(27)25-14-6-2-3-7-15-25/h4-5,8-13,16H,2-3,6-7,14-15H2,1H3,(H,24,26)/t16-/m0/s1. The molecule has 1 aliphatic rings. The maximum atomic E-state index is 13.0. The van der Waals surface area contributed by atoms with Crippen molar-refractivity contribution in [2.75, 3.05) is 18.4 Å². The number of benzene rings is 2. The minimum atomic E-state index is -0.303. The number of halogens is 1. The molecule has 1 saturated heterocycles. The summed E-state index contributed by atoms with van der Waals surface area (Å²) in [7, 11) is 0. The van der Waals surface area contributed by atoms with Crippen molar-refractivity contribution in [2.24, 2.45) is 0 Å². The van der Waals surface area contributed by atoms with Gasteiger partial charge in [-0.3, -0.25) is 9.59 Å². The van der Waals surface area contributed by atoms with Gasteiger partial charge in [0.05, 0.1) is 16.5 Å². The van der Waals surface area contributed by atoms with Crippen LogP contribution in [-0.2, 0) is 4.79 Å². The topological polar surface area (TPSA) is 49.4 Å². The third kappa shape index (κ3) is 5.52. The molecule has 1 N–H and O–H groups in total. The molecular weight excluding hydrogens is 392 g/mol. The summed E-state index contributed by atoms with van der Waals surface area (Å²) in [5.41, 5.74) is 1.13. The van der Waals surface area contributed by atoms with Gasteiger partial charge in [0.1, 0.15) is 0 Å². The molecule has 1 heterocycles. The zero-order valence-corrected chi connectivity index (χ0v) is 17.6. The second-order valence-corrected chi connectivity index (χ2v) is 8.81. The van der Waals surface area contributed by atoms with Crippen LogP contribution in [0.2, 0.25) is 5.02 Å². The van der Waals surface area contributed by atoms with Gasteiger partial charge in [-0.2, -0.15) is 0 Å². The highest BCUT2D eigenvalue weighted by Crippen LogP contribution is 2.26. The number of carbonyl (C=O) groups is 2. The van der Waals surface area contributed by atoms with Crippen molar-refractivity contribution in [3.8, 4) is 0 Å². The molecule has 4 nitrogen and oxygen atoms in total. The normalized spacial score (nSPS) is 15.6. The van der Waals surface area contributed by atoms with Gasteiger partial charge in [-0.15, -0.1) is 11.8 Å². The van der Waals surface area contributed by atoms with Crippen LogP contribution in [0.25, 0.3) is 0 Å². The van der Waals surface area contributed by atoms with Crippen molar-refractivity contribution in [3.63, 3.8) is 0 Å². The van der Waals surface area contributed by atoms with E-state index in [0.717, 1.165) is 30.8 Å². The second kappa shape index (κ2) is 9.99. The van der Waals surface area contributed by atoms with Crippen LogP contribution in [-0.4, -0.2) is 35.1 Å². The summed E-state index contributed by atoms with van der Waals surface area (Å²) in [5, 5.41) is 3.31. The van der Waals surface area contributed by atoms with Crippen molar-refractivity contribution in [2.45, 2.75) is 42.8 Å². The number of amides is 2. The number of hydrogen-bond donors (Lipinski definition) is 1. The van der Waals surface area contributed by atoms with Crippen molar-refractivity contribution in [1.29, 1.82) is 0 Å². The Morgan fingerprint density at radius 1 is 1.00 bits per heavy atom. The average Bonchev–Trinajstić information content (AvgIpc) is 2.99. The number of likely N-dealkylation sites (tertiary alicyclic amines) is 1. The molecule has 1 atom stereocenters. The van der Waals surface area contributed by atoms with Crippen LogP contribution in [0.4, 0.5) is 5.69 Å². The molecule has 1 fully saturated rings. The van der Waals surface area contributed by atoms with Crippen LogP contribution in [0.5, 0.6) is 0 Å². The number of nitrogens with one attached hydrogen (secondary N) is 1. The van der Waals surface area contributed by atoms with Crippen molar-refractivity contribution >= 4 is 40.9 Å². The van der Waals surface area contributed by atoms with E-state index in [2.05, 4.69) is 5.32 Å². The fourth-order valence-electron chi connectivity index (χ4n) is 3.23. The van der Waals surface area contributed by atoms with Crippen molar-refractivity contribution in [3.05, 3.63) is 59.1 Å². The maximum Gasteiger partial charge on any atom is 0.255 e. The Labute approximate surface area is 175 Å². The highest BCUT2D eigenvalue weighted by molar-refractivity contribution is 8.00. The molecule has 3 rings (SSSR count). The number of carbonyl (C=O) groups excluding carboxylic acids is 2. The SMILES string of the molecule is C[C@H](Sc1ccc(Cl)cc1)C(=O)Nc1ccccc1C(=O)N1CCCCCC1. The van der Waals surface area contributed by atoms with Gasteiger partial charge in [0, 0.05) is 23.0 Å². The predicted octanol–water partition coefficient (Wildman–Crippen LogP) is 5.48. The first kappa shape index (κ1) is 20.7. The first-order valence-corrected chi connectivity index (χ1v) is 10.9. The lowest BCUT2D eigenvalue weighted by molar-refractivity contribution is -0.115. The molecule has 2 aromatic rings. The molecule has 0 spiro atoms. The lowest BCUT2D eigenvalue weighted by Crippen LogP contribution is -2.33. The first-order valence-electron chi connectivity index (χ1n) is 9.66. The lowest BCUT2D eigenvalue weighted by atomic mass is 10.1. The van der Waals surface area contributed by atoms with Gasteiger partial charge in [0.25, 0.3) is 5.91 Å². The molecule has 2 amide bonds. The van der Waals surface area contributed by atoms with Gasteiger partial charge < -0.3 is 10.2 Å². The molecule has 2 aromatic carbocycles. The summed E-state index contributed by atoms with van der Waals surface area (Å²) >= 11 is 7.37. The maximum absolute atomic E-state index is 13.0. The third-order valence-corrected chi connectivity index (χ3v) is 6.17. The van der Waals surface area contributed by atoms with E-state index in [1.807, 2.05) is 48.2 Å². The Morgan fingerprint density at radius 3 is 2.32 bits per heavy atom. The largest absolute Gasteiger partial charge is 0.339 e. The summed E-state index contributed by atoms with van der Waals surface area (Å²) < 4.78 is 0. The van der Waals surface area contributed by atoms with E-state index in [-0.39, 0.29) is 17.1 Å². The third-order valence-electron chi connectivity index (χ3n) is 4.80. The van der Waals surface area contributed by atoms with Crippen molar-refractivity contribution < 1.29 is 9.59 Å². The fourth-order valence-corrected chi connectivity index (χ4v) is 4.22. The van der Waals surface area contributed by atoms with Crippen LogP contribution in [0.1, 0.15) is 43.0 Å². The summed E-state index contributed by atoms with van der Waals surface area (Å²) in [6.07, 6.45) is 4.41. The van der Waals surface area contributed by atoms with Crippen LogP contribution in [0.3, 0.4) is 0 Å². The second-order valence-electron chi connectivity index (χ2n) is 6.96. The summed E-state index contributed by atoms with van der Waals surface area (Å²) in [6.45, 7) is 3.42. The first-order chi connectivity index (χ1) is 13.5. The molecule has 28 heavy (non-hydrogen) atoms. The van der Waals surface area contributed by atoms with Gasteiger partial charge >= 0.3 is 0 Å². The molecule has 0 radical (unpaired) electrons. The van der Waals surface area contributed by atoms with E-state index >= 15 is 0 Å². The van der Waals surface area contributed by atoms with E-state index in [9.17, 15) is 9.59 Å². The lowest BCUT2D eigenvalue weighted by Gasteiger charge is -2.22. The molecule has 0 saturated carbocycles. The zero-order valence-electron chi connectivity index (χ0n) is 16.0. The highest BCUT2D eigenvalue weighted by Gasteiger charge is 2.22. The number of anilines is 1. The van der Waals surface area contributed by atoms with E-state index in [1.165, 1.54) is 24.6 Å².